The average molecular weight is 396 g/mol. The molecule has 0 fully saturated rings. The second-order valence-electron chi connectivity index (χ2n) is 7.92. The second-order valence-corrected chi connectivity index (χ2v) is 7.92. The zero-order valence-corrected chi connectivity index (χ0v) is 17.8. The normalized spacial score (nSPS) is 12.2. The summed E-state index contributed by atoms with van der Waals surface area (Å²) < 4.78 is 7.22. The van der Waals surface area contributed by atoms with Gasteiger partial charge in [0.25, 0.3) is 0 Å². The van der Waals surface area contributed by atoms with Crippen LogP contribution >= 0.6 is 0 Å². The monoisotopic (exact) mass is 395 g/mol. The molecule has 0 atom stereocenters. The van der Waals surface area contributed by atoms with Crippen LogP contribution in [0.4, 0.5) is 0 Å². The fourth-order valence-corrected chi connectivity index (χ4v) is 2.75. The second kappa shape index (κ2) is 8.89. The molecule has 154 valence electrons. The lowest BCUT2D eigenvalue weighted by Gasteiger charge is -2.21. The van der Waals surface area contributed by atoms with Crippen molar-refractivity contribution in [2.45, 2.75) is 46.2 Å². The van der Waals surface area contributed by atoms with Crippen LogP contribution in [0.2, 0.25) is 0 Å². The highest BCUT2D eigenvalue weighted by Gasteiger charge is 2.21. The quantitative estimate of drug-likeness (QED) is 0.510. The van der Waals surface area contributed by atoms with Gasteiger partial charge in [-0.15, -0.1) is 0 Å². The van der Waals surface area contributed by atoms with Crippen LogP contribution in [0, 0.1) is 0 Å². The van der Waals surface area contributed by atoms with E-state index in [4.69, 9.17) is 4.52 Å². The third-order valence-corrected chi connectivity index (χ3v) is 4.25. The predicted octanol–water partition coefficient (Wildman–Crippen LogP) is 3.15. The molecule has 1 aromatic carbocycles. The molecular weight excluding hydrogens is 366 g/mol. The van der Waals surface area contributed by atoms with Crippen molar-refractivity contribution >= 4 is 5.96 Å². The van der Waals surface area contributed by atoms with Gasteiger partial charge in [0.2, 0.25) is 5.89 Å². The van der Waals surface area contributed by atoms with Crippen molar-refractivity contribution in [1.82, 2.24) is 30.1 Å². The van der Waals surface area contributed by atoms with E-state index in [9.17, 15) is 0 Å². The molecule has 0 unspecified atom stereocenters. The van der Waals surface area contributed by atoms with Crippen molar-refractivity contribution in [2.24, 2.45) is 4.99 Å². The van der Waals surface area contributed by atoms with Crippen molar-refractivity contribution in [2.75, 3.05) is 13.6 Å². The van der Waals surface area contributed by atoms with Gasteiger partial charge in [0.15, 0.2) is 11.8 Å². The highest BCUT2D eigenvalue weighted by Crippen LogP contribution is 2.19. The number of guanidine groups is 1. The Morgan fingerprint density at radius 2 is 2.00 bits per heavy atom. The summed E-state index contributed by atoms with van der Waals surface area (Å²) in [6.45, 7) is 9.98. The van der Waals surface area contributed by atoms with E-state index in [0.29, 0.717) is 24.8 Å². The highest BCUT2D eigenvalue weighted by atomic mass is 16.5. The molecule has 0 amide bonds. The van der Waals surface area contributed by atoms with Crippen molar-refractivity contribution < 1.29 is 4.52 Å². The topological polar surface area (TPSA) is 84.4 Å². The van der Waals surface area contributed by atoms with Crippen LogP contribution in [-0.2, 0) is 18.5 Å². The Morgan fingerprint density at radius 1 is 1.24 bits per heavy atom. The van der Waals surface area contributed by atoms with Gasteiger partial charge in [-0.2, -0.15) is 10.1 Å². The number of aromatic nitrogens is 4. The SMILES string of the molecule is CCNC(=NCc1noc(C(C)(C)C)n1)N(C)Cc1cnn(-c2ccccc2)c1. The fraction of sp³-hybridized carbons (Fsp3) is 0.429. The Morgan fingerprint density at radius 3 is 2.66 bits per heavy atom. The third-order valence-electron chi connectivity index (χ3n) is 4.25. The molecule has 0 bridgehead atoms. The molecule has 3 aromatic rings. The molecule has 8 nitrogen and oxygen atoms in total. The molecule has 0 aliphatic rings. The van der Waals surface area contributed by atoms with Gasteiger partial charge in [0.05, 0.1) is 11.9 Å². The molecule has 1 N–H and O–H groups in total. The van der Waals surface area contributed by atoms with Gasteiger partial charge in [0, 0.05) is 37.3 Å². The third kappa shape index (κ3) is 5.43. The summed E-state index contributed by atoms with van der Waals surface area (Å²) in [6.07, 6.45) is 3.91. The summed E-state index contributed by atoms with van der Waals surface area (Å²) in [7, 11) is 2.00. The number of hydrogen-bond donors (Lipinski definition) is 1. The van der Waals surface area contributed by atoms with E-state index < -0.39 is 0 Å². The molecule has 29 heavy (non-hydrogen) atoms. The molecule has 0 saturated heterocycles. The summed E-state index contributed by atoms with van der Waals surface area (Å²) in [5, 5.41) is 11.8. The summed E-state index contributed by atoms with van der Waals surface area (Å²) in [5.74, 6) is 1.98. The van der Waals surface area contributed by atoms with Crippen molar-refractivity contribution in [1.29, 1.82) is 0 Å². The molecule has 0 radical (unpaired) electrons. The molecule has 0 spiro atoms. The summed E-state index contributed by atoms with van der Waals surface area (Å²) in [5.41, 5.74) is 1.96. The first-order valence-electron chi connectivity index (χ1n) is 9.78. The highest BCUT2D eigenvalue weighted by molar-refractivity contribution is 5.79. The van der Waals surface area contributed by atoms with Gasteiger partial charge < -0.3 is 14.7 Å². The van der Waals surface area contributed by atoms with Crippen LogP contribution < -0.4 is 5.32 Å². The van der Waals surface area contributed by atoms with E-state index in [1.54, 1.807) is 0 Å². The molecule has 2 heterocycles. The minimum absolute atomic E-state index is 0.171. The van der Waals surface area contributed by atoms with E-state index >= 15 is 0 Å². The summed E-state index contributed by atoms with van der Waals surface area (Å²) in [6, 6.07) is 10.1. The van der Waals surface area contributed by atoms with Gasteiger partial charge in [0.1, 0.15) is 6.54 Å². The van der Waals surface area contributed by atoms with Crippen LogP contribution in [0.25, 0.3) is 5.69 Å². The van der Waals surface area contributed by atoms with Crippen LogP contribution in [0.1, 0.15) is 45.0 Å². The van der Waals surface area contributed by atoms with Gasteiger partial charge in [-0.25, -0.2) is 9.67 Å². The number of hydrogen-bond acceptors (Lipinski definition) is 5. The number of aliphatic imine (C=N–C) groups is 1. The fourth-order valence-electron chi connectivity index (χ4n) is 2.75. The van der Waals surface area contributed by atoms with Gasteiger partial charge in [-0.3, -0.25) is 0 Å². The molecule has 0 aliphatic carbocycles. The molecule has 3 rings (SSSR count). The van der Waals surface area contributed by atoms with Crippen molar-refractivity contribution in [3.05, 3.63) is 60.0 Å². The molecule has 0 aliphatic heterocycles. The average Bonchev–Trinajstić information content (AvgIpc) is 3.35. The smallest absolute Gasteiger partial charge is 0.232 e. The van der Waals surface area contributed by atoms with Crippen molar-refractivity contribution in [3.8, 4) is 5.69 Å². The minimum Gasteiger partial charge on any atom is -0.357 e. The molecule has 0 saturated carbocycles. The Labute approximate surface area is 171 Å². The Bertz CT molecular complexity index is 937. The summed E-state index contributed by atoms with van der Waals surface area (Å²) in [4.78, 5) is 11.2. The maximum Gasteiger partial charge on any atom is 0.232 e. The van der Waals surface area contributed by atoms with Crippen LogP contribution in [0.15, 0.2) is 52.2 Å². The maximum absolute atomic E-state index is 5.35. The predicted molar refractivity (Wildman–Crippen MR) is 113 cm³/mol. The first kappa shape index (κ1) is 20.6. The van der Waals surface area contributed by atoms with Crippen LogP contribution in [0.3, 0.4) is 0 Å². The first-order chi connectivity index (χ1) is 13.9. The molecule has 2 aromatic heterocycles. The van der Waals surface area contributed by atoms with Crippen LogP contribution in [-0.4, -0.2) is 44.4 Å². The lowest BCUT2D eigenvalue weighted by atomic mass is 9.97. The number of rotatable bonds is 6. The summed E-state index contributed by atoms with van der Waals surface area (Å²) >= 11 is 0. The number of para-hydroxylation sites is 1. The van der Waals surface area contributed by atoms with E-state index in [1.165, 1.54) is 0 Å². The number of nitrogens with one attached hydrogen (secondary N) is 1. The van der Waals surface area contributed by atoms with E-state index in [-0.39, 0.29) is 5.41 Å². The van der Waals surface area contributed by atoms with Gasteiger partial charge in [-0.05, 0) is 19.1 Å². The standard InChI is InChI=1S/C21H29N7O/c1-6-22-20(23-13-18-25-19(29-26-18)21(2,3)4)27(5)14-16-12-24-28(15-16)17-10-8-7-9-11-17/h7-12,15H,6,13-14H2,1-5H3,(H,22,23). The Kier molecular flexibility index (Phi) is 6.31. The zero-order valence-electron chi connectivity index (χ0n) is 17.8. The van der Waals surface area contributed by atoms with E-state index in [0.717, 1.165) is 23.8 Å². The number of nitrogens with zero attached hydrogens (tertiary/aromatic N) is 6. The van der Waals surface area contributed by atoms with Gasteiger partial charge >= 0.3 is 0 Å². The maximum atomic E-state index is 5.35. The molecular formula is C21H29N7O. The van der Waals surface area contributed by atoms with E-state index in [1.807, 2.05) is 82.1 Å². The first-order valence-corrected chi connectivity index (χ1v) is 9.78. The Hall–Kier alpha value is -3.16. The van der Waals surface area contributed by atoms with Gasteiger partial charge in [-0.1, -0.05) is 44.1 Å². The van der Waals surface area contributed by atoms with Crippen LogP contribution in [0.5, 0.6) is 0 Å². The largest absolute Gasteiger partial charge is 0.357 e. The minimum atomic E-state index is -0.171. The molecule has 8 heteroatoms. The Balaban J connectivity index is 1.68. The van der Waals surface area contributed by atoms with Crippen molar-refractivity contribution in [3.63, 3.8) is 0 Å². The lowest BCUT2D eigenvalue weighted by Crippen LogP contribution is -2.38. The zero-order chi connectivity index (χ0) is 20.9. The van der Waals surface area contributed by atoms with E-state index in [2.05, 4.69) is 30.4 Å². The lowest BCUT2D eigenvalue weighted by molar-refractivity contribution is 0.318. The number of benzene rings is 1.